The summed E-state index contributed by atoms with van der Waals surface area (Å²) in [5.74, 6) is -0.995. The van der Waals surface area contributed by atoms with Gasteiger partial charge in [0.05, 0.1) is 16.4 Å². The Morgan fingerprint density at radius 3 is 2.57 bits per heavy atom. The van der Waals surface area contributed by atoms with Gasteiger partial charge in [-0.05, 0) is 48.9 Å². The van der Waals surface area contributed by atoms with Crippen molar-refractivity contribution in [3.8, 4) is 0 Å². The van der Waals surface area contributed by atoms with Crippen LogP contribution in [-0.4, -0.2) is 65.9 Å². The standard InChI is InChI=1S/C18H19ClN2O5S2/c1-2-20(14-7-8-28(25,26)11-14)16(22)10-21-17(23)15(27-18(21)24)9-12-3-5-13(19)6-4-12/h3-6,9,14H,2,7-8,10-11H2,1H3/b15-9-. The fourth-order valence-corrected chi connectivity index (χ4v) is 5.93. The predicted octanol–water partition coefficient (Wildman–Crippen LogP) is 2.41. The summed E-state index contributed by atoms with van der Waals surface area (Å²) in [6.45, 7) is 1.67. The molecule has 0 saturated carbocycles. The van der Waals surface area contributed by atoms with E-state index in [1.54, 1.807) is 37.3 Å². The second-order valence-corrected chi connectivity index (χ2v) is 10.2. The van der Waals surface area contributed by atoms with E-state index in [1.807, 2.05) is 0 Å². The summed E-state index contributed by atoms with van der Waals surface area (Å²) in [6.07, 6.45) is 1.95. The monoisotopic (exact) mass is 442 g/mol. The van der Waals surface area contributed by atoms with Crippen LogP contribution in [0.5, 0.6) is 0 Å². The number of amides is 3. The van der Waals surface area contributed by atoms with Crippen molar-refractivity contribution >= 4 is 56.3 Å². The highest BCUT2D eigenvalue weighted by Crippen LogP contribution is 2.32. The SMILES string of the molecule is CCN(C(=O)CN1C(=O)S/C(=C\c2ccc(Cl)cc2)C1=O)C1CCS(=O)(=O)C1. The molecule has 0 bridgehead atoms. The van der Waals surface area contributed by atoms with Crippen LogP contribution in [0.15, 0.2) is 29.2 Å². The van der Waals surface area contributed by atoms with E-state index < -0.39 is 39.5 Å². The molecular formula is C18H19ClN2O5S2. The molecule has 3 rings (SSSR count). The molecule has 2 aliphatic heterocycles. The molecule has 0 spiro atoms. The van der Waals surface area contributed by atoms with Crippen LogP contribution in [-0.2, 0) is 19.4 Å². The minimum atomic E-state index is -3.14. The molecule has 2 fully saturated rings. The van der Waals surface area contributed by atoms with Gasteiger partial charge in [-0.15, -0.1) is 0 Å². The average Bonchev–Trinajstić information content (AvgIpc) is 3.11. The van der Waals surface area contributed by atoms with Crippen molar-refractivity contribution in [2.24, 2.45) is 0 Å². The number of hydrogen-bond donors (Lipinski definition) is 0. The molecule has 0 aromatic heterocycles. The molecule has 10 heteroatoms. The Hall–Kier alpha value is -1.84. The van der Waals surface area contributed by atoms with E-state index in [4.69, 9.17) is 11.6 Å². The van der Waals surface area contributed by atoms with Crippen LogP contribution in [0.4, 0.5) is 4.79 Å². The van der Waals surface area contributed by atoms with Crippen molar-refractivity contribution in [3.63, 3.8) is 0 Å². The van der Waals surface area contributed by atoms with Crippen LogP contribution in [0, 0.1) is 0 Å². The Morgan fingerprint density at radius 2 is 2.00 bits per heavy atom. The average molecular weight is 443 g/mol. The van der Waals surface area contributed by atoms with Crippen LogP contribution >= 0.6 is 23.4 Å². The van der Waals surface area contributed by atoms with Crippen LogP contribution < -0.4 is 0 Å². The smallest absolute Gasteiger partial charge is 0.294 e. The maximum Gasteiger partial charge on any atom is 0.294 e. The van der Waals surface area contributed by atoms with Crippen molar-refractivity contribution in [3.05, 3.63) is 39.8 Å². The number of thioether (sulfide) groups is 1. The van der Waals surface area contributed by atoms with Gasteiger partial charge in [0.1, 0.15) is 6.54 Å². The Labute approximate surface area is 172 Å². The summed E-state index contributed by atoms with van der Waals surface area (Å²) in [4.78, 5) is 40.1. The number of imide groups is 1. The molecule has 1 aromatic carbocycles. The van der Waals surface area contributed by atoms with Crippen molar-refractivity contribution in [1.82, 2.24) is 9.80 Å². The highest BCUT2D eigenvalue weighted by molar-refractivity contribution is 8.18. The lowest BCUT2D eigenvalue weighted by atomic mass is 10.2. The highest BCUT2D eigenvalue weighted by Gasteiger charge is 2.39. The van der Waals surface area contributed by atoms with E-state index in [1.165, 1.54) is 4.90 Å². The Kier molecular flexibility index (Phi) is 6.16. The molecule has 150 valence electrons. The summed E-state index contributed by atoms with van der Waals surface area (Å²) in [7, 11) is -3.14. The van der Waals surface area contributed by atoms with Gasteiger partial charge in [0.15, 0.2) is 9.84 Å². The zero-order valence-corrected chi connectivity index (χ0v) is 17.5. The summed E-state index contributed by atoms with van der Waals surface area (Å²) in [5.41, 5.74) is 0.715. The number of rotatable bonds is 5. The van der Waals surface area contributed by atoms with Crippen LogP contribution in [0.25, 0.3) is 6.08 Å². The molecule has 7 nitrogen and oxygen atoms in total. The largest absolute Gasteiger partial charge is 0.337 e. The lowest BCUT2D eigenvalue weighted by Gasteiger charge is -2.28. The van der Waals surface area contributed by atoms with Gasteiger partial charge >= 0.3 is 0 Å². The second kappa shape index (κ2) is 8.26. The molecule has 0 aliphatic carbocycles. The Morgan fingerprint density at radius 1 is 1.32 bits per heavy atom. The molecule has 28 heavy (non-hydrogen) atoms. The number of carbonyl (C=O) groups excluding carboxylic acids is 3. The number of hydrogen-bond acceptors (Lipinski definition) is 6. The summed E-state index contributed by atoms with van der Waals surface area (Å²) >= 11 is 6.61. The third kappa shape index (κ3) is 4.59. The number of carbonyl (C=O) groups is 3. The van der Waals surface area contributed by atoms with Gasteiger partial charge in [-0.25, -0.2) is 8.42 Å². The van der Waals surface area contributed by atoms with E-state index in [9.17, 15) is 22.8 Å². The zero-order chi connectivity index (χ0) is 20.5. The fourth-order valence-electron chi connectivity index (χ4n) is 3.23. The minimum Gasteiger partial charge on any atom is -0.337 e. The van der Waals surface area contributed by atoms with Gasteiger partial charge in [-0.3, -0.25) is 19.3 Å². The van der Waals surface area contributed by atoms with E-state index >= 15 is 0 Å². The first-order valence-corrected chi connectivity index (χ1v) is 11.7. The lowest BCUT2D eigenvalue weighted by Crippen LogP contribution is -2.47. The maximum absolute atomic E-state index is 12.7. The Bertz CT molecular complexity index is 943. The molecule has 1 aromatic rings. The summed E-state index contributed by atoms with van der Waals surface area (Å²) in [5, 5.41) is 0.0399. The van der Waals surface area contributed by atoms with E-state index in [-0.39, 0.29) is 16.4 Å². The number of nitrogens with zero attached hydrogens (tertiary/aromatic N) is 2. The van der Waals surface area contributed by atoms with Crippen molar-refractivity contribution in [2.45, 2.75) is 19.4 Å². The molecule has 0 N–H and O–H groups in total. The van der Waals surface area contributed by atoms with Crippen LogP contribution in [0.2, 0.25) is 5.02 Å². The first-order valence-electron chi connectivity index (χ1n) is 8.71. The van der Waals surface area contributed by atoms with Crippen LogP contribution in [0.3, 0.4) is 0 Å². The van der Waals surface area contributed by atoms with Gasteiger partial charge in [-0.1, -0.05) is 23.7 Å². The summed E-state index contributed by atoms with van der Waals surface area (Å²) < 4.78 is 23.4. The maximum atomic E-state index is 12.7. The van der Waals surface area contributed by atoms with Crippen molar-refractivity contribution < 1.29 is 22.8 Å². The van der Waals surface area contributed by atoms with Crippen molar-refractivity contribution in [1.29, 1.82) is 0 Å². The molecular weight excluding hydrogens is 424 g/mol. The second-order valence-electron chi connectivity index (χ2n) is 6.56. The predicted molar refractivity (Wildman–Crippen MR) is 109 cm³/mol. The van der Waals surface area contributed by atoms with Gasteiger partial charge in [0.25, 0.3) is 11.1 Å². The zero-order valence-electron chi connectivity index (χ0n) is 15.1. The number of likely N-dealkylation sites (N-methyl/N-ethyl adjacent to an activating group) is 1. The minimum absolute atomic E-state index is 0.0485. The normalized spacial score (nSPS) is 22.9. The van der Waals surface area contributed by atoms with Gasteiger partial charge in [0.2, 0.25) is 5.91 Å². The number of halogens is 1. The molecule has 3 amide bonds. The van der Waals surface area contributed by atoms with Gasteiger partial charge in [0, 0.05) is 17.6 Å². The third-order valence-corrected chi connectivity index (χ3v) is 7.55. The highest BCUT2D eigenvalue weighted by atomic mass is 35.5. The Balaban J connectivity index is 1.71. The summed E-state index contributed by atoms with van der Waals surface area (Å²) in [6, 6.07) is 6.39. The molecule has 2 heterocycles. The van der Waals surface area contributed by atoms with Crippen molar-refractivity contribution in [2.75, 3.05) is 24.6 Å². The fraction of sp³-hybridized carbons (Fsp3) is 0.389. The van der Waals surface area contributed by atoms with Crippen LogP contribution in [0.1, 0.15) is 18.9 Å². The lowest BCUT2D eigenvalue weighted by molar-refractivity contribution is -0.137. The van der Waals surface area contributed by atoms with Gasteiger partial charge < -0.3 is 4.90 Å². The topological polar surface area (TPSA) is 91.8 Å². The quantitative estimate of drug-likeness (QED) is 0.650. The molecule has 0 radical (unpaired) electrons. The molecule has 1 atom stereocenters. The molecule has 2 aliphatic rings. The molecule has 2 saturated heterocycles. The van der Waals surface area contributed by atoms with E-state index in [2.05, 4.69) is 0 Å². The molecule has 1 unspecified atom stereocenters. The van der Waals surface area contributed by atoms with E-state index in [0.717, 1.165) is 16.7 Å². The third-order valence-electron chi connectivity index (χ3n) is 4.64. The number of benzene rings is 1. The number of sulfone groups is 1. The van der Waals surface area contributed by atoms with Gasteiger partial charge in [-0.2, -0.15) is 0 Å². The van der Waals surface area contributed by atoms with E-state index in [0.29, 0.717) is 23.6 Å². The first kappa shape index (κ1) is 20.9. The first-order chi connectivity index (χ1) is 13.2.